The van der Waals surface area contributed by atoms with Crippen LogP contribution in [0.15, 0.2) is 54.7 Å². The van der Waals surface area contributed by atoms with Crippen LogP contribution in [0.3, 0.4) is 0 Å². The van der Waals surface area contributed by atoms with E-state index in [1.165, 1.54) is 22.6 Å². The van der Waals surface area contributed by atoms with Gasteiger partial charge in [-0.2, -0.15) is 0 Å². The van der Waals surface area contributed by atoms with Crippen molar-refractivity contribution < 1.29 is 9.59 Å². The number of nitrogens with one attached hydrogen (secondary N) is 2. The molecule has 3 aromatic rings. The number of anilines is 2. The fourth-order valence-corrected chi connectivity index (χ4v) is 4.94. The second kappa shape index (κ2) is 9.01. The molecule has 0 atom stereocenters. The second-order valence-corrected chi connectivity index (χ2v) is 8.25. The summed E-state index contributed by atoms with van der Waals surface area (Å²) in [5.41, 5.74) is 2.62. The minimum absolute atomic E-state index is 0.112. The van der Waals surface area contributed by atoms with Crippen molar-refractivity contribution >= 4 is 34.0 Å². The average Bonchev–Trinajstić information content (AvgIpc) is 2.90. The summed E-state index contributed by atoms with van der Waals surface area (Å²) < 4.78 is 0. The van der Waals surface area contributed by atoms with E-state index >= 15 is 0 Å². The molecule has 0 unspecified atom stereocenters. The number of hydrogen-bond acceptors (Lipinski definition) is 4. The van der Waals surface area contributed by atoms with Crippen molar-refractivity contribution in [3.8, 4) is 0 Å². The summed E-state index contributed by atoms with van der Waals surface area (Å²) in [6.07, 6.45) is 7.09. The van der Waals surface area contributed by atoms with Gasteiger partial charge in [-0.15, -0.1) is 11.3 Å². The van der Waals surface area contributed by atoms with Crippen LogP contribution >= 0.6 is 11.3 Å². The number of nitrogens with zero attached hydrogens (tertiary/aromatic N) is 1. The zero-order chi connectivity index (χ0) is 20.1. The molecule has 0 radical (unpaired) electrons. The Bertz CT molecular complexity index is 1000. The van der Waals surface area contributed by atoms with Crippen molar-refractivity contribution in [2.24, 2.45) is 0 Å². The van der Waals surface area contributed by atoms with Crippen molar-refractivity contribution in [1.82, 2.24) is 4.98 Å². The second-order valence-electron chi connectivity index (χ2n) is 7.15. The number of aryl methyl sites for hydroxylation is 1. The van der Waals surface area contributed by atoms with Gasteiger partial charge in [0.2, 0.25) is 5.91 Å². The summed E-state index contributed by atoms with van der Waals surface area (Å²) in [5, 5.41) is 6.53. The summed E-state index contributed by atoms with van der Waals surface area (Å²) in [5.74, 6) is 0.185. The fraction of sp³-hybridized carbons (Fsp3) is 0.261. The molecule has 4 rings (SSSR count). The lowest BCUT2D eigenvalue weighted by molar-refractivity contribution is -0.115. The summed E-state index contributed by atoms with van der Waals surface area (Å²) >= 11 is 1.54. The summed E-state index contributed by atoms with van der Waals surface area (Å²) in [6, 6.07) is 15.0. The molecule has 29 heavy (non-hydrogen) atoms. The predicted molar refractivity (Wildman–Crippen MR) is 117 cm³/mol. The number of carbonyl (C=O) groups excluding carboxylic acids is 2. The maximum Gasteiger partial charge on any atom is 0.260 e. The van der Waals surface area contributed by atoms with E-state index in [2.05, 4.69) is 15.6 Å². The number of thiophene rings is 1. The first kappa shape index (κ1) is 19.3. The maximum atomic E-state index is 13.1. The third-order valence-electron chi connectivity index (χ3n) is 5.02. The number of fused-ring (bicyclic) bond motifs is 1. The quantitative estimate of drug-likeness (QED) is 0.596. The Balaban J connectivity index is 1.60. The van der Waals surface area contributed by atoms with E-state index in [9.17, 15) is 9.59 Å². The molecule has 5 nitrogen and oxygen atoms in total. The maximum absolute atomic E-state index is 13.1. The first-order valence-electron chi connectivity index (χ1n) is 9.91. The molecule has 2 amide bonds. The van der Waals surface area contributed by atoms with Gasteiger partial charge in [-0.05, 0) is 48.9 Å². The first-order chi connectivity index (χ1) is 14.2. The van der Waals surface area contributed by atoms with Crippen LogP contribution in [-0.4, -0.2) is 16.8 Å². The van der Waals surface area contributed by atoms with Crippen molar-refractivity contribution in [1.29, 1.82) is 0 Å². The lowest BCUT2D eigenvalue weighted by Crippen LogP contribution is -2.19. The summed E-state index contributed by atoms with van der Waals surface area (Å²) in [6.45, 7) is 0. The third kappa shape index (κ3) is 4.71. The van der Waals surface area contributed by atoms with Crippen LogP contribution in [0, 0.1) is 0 Å². The topological polar surface area (TPSA) is 71.1 Å². The van der Waals surface area contributed by atoms with E-state index in [0.717, 1.165) is 36.8 Å². The fourth-order valence-electron chi connectivity index (χ4n) is 3.64. The van der Waals surface area contributed by atoms with Crippen molar-refractivity contribution in [2.75, 3.05) is 10.6 Å². The molecule has 0 fully saturated rings. The molecular formula is C23H23N3O2S. The Morgan fingerprint density at radius 1 is 0.931 bits per heavy atom. The van der Waals surface area contributed by atoms with E-state index in [1.807, 2.05) is 42.5 Å². The molecular weight excluding hydrogens is 382 g/mol. The first-order valence-corrected chi connectivity index (χ1v) is 10.7. The molecule has 2 N–H and O–H groups in total. The minimum Gasteiger partial charge on any atom is -0.317 e. The number of amides is 2. The Labute approximate surface area is 174 Å². The predicted octanol–water partition coefficient (Wildman–Crippen LogP) is 4.85. The number of pyridine rings is 1. The van der Waals surface area contributed by atoms with Gasteiger partial charge in [0.1, 0.15) is 10.8 Å². The molecule has 0 aliphatic heterocycles. The van der Waals surface area contributed by atoms with Gasteiger partial charge in [-0.25, -0.2) is 4.98 Å². The van der Waals surface area contributed by atoms with Crippen LogP contribution in [0.2, 0.25) is 0 Å². The van der Waals surface area contributed by atoms with E-state index in [-0.39, 0.29) is 18.2 Å². The number of rotatable bonds is 5. The summed E-state index contributed by atoms with van der Waals surface area (Å²) in [7, 11) is 0. The number of hydrogen-bond donors (Lipinski definition) is 2. The lowest BCUT2D eigenvalue weighted by Gasteiger charge is -2.10. The van der Waals surface area contributed by atoms with Gasteiger partial charge < -0.3 is 10.6 Å². The Morgan fingerprint density at radius 3 is 2.52 bits per heavy atom. The van der Waals surface area contributed by atoms with Gasteiger partial charge >= 0.3 is 0 Å². The molecule has 0 bridgehead atoms. The number of benzene rings is 1. The van der Waals surface area contributed by atoms with E-state index < -0.39 is 0 Å². The molecule has 1 aliphatic rings. The zero-order valence-corrected chi connectivity index (χ0v) is 16.9. The van der Waals surface area contributed by atoms with Crippen LogP contribution < -0.4 is 10.6 Å². The highest BCUT2D eigenvalue weighted by molar-refractivity contribution is 7.17. The molecule has 2 aromatic heterocycles. The van der Waals surface area contributed by atoms with Gasteiger partial charge in [0, 0.05) is 11.1 Å². The van der Waals surface area contributed by atoms with E-state index in [1.54, 1.807) is 12.3 Å². The van der Waals surface area contributed by atoms with Crippen LogP contribution in [0.5, 0.6) is 0 Å². The lowest BCUT2D eigenvalue weighted by atomic mass is 10.0. The van der Waals surface area contributed by atoms with Gasteiger partial charge in [-0.3, -0.25) is 9.59 Å². The molecule has 6 heteroatoms. The Kier molecular flexibility index (Phi) is 6.00. The highest BCUT2D eigenvalue weighted by Gasteiger charge is 2.26. The van der Waals surface area contributed by atoms with Crippen molar-refractivity contribution in [3.05, 3.63) is 76.3 Å². The van der Waals surface area contributed by atoms with Gasteiger partial charge in [0.15, 0.2) is 0 Å². The Morgan fingerprint density at radius 2 is 1.72 bits per heavy atom. The molecule has 2 heterocycles. The monoisotopic (exact) mass is 405 g/mol. The van der Waals surface area contributed by atoms with Crippen LogP contribution in [0.25, 0.3) is 0 Å². The van der Waals surface area contributed by atoms with Gasteiger partial charge in [0.05, 0.1) is 12.0 Å². The van der Waals surface area contributed by atoms with Gasteiger partial charge in [0.25, 0.3) is 5.91 Å². The van der Waals surface area contributed by atoms with Gasteiger partial charge in [-0.1, -0.05) is 42.8 Å². The number of aromatic nitrogens is 1. The molecule has 0 spiro atoms. The Hall–Kier alpha value is -2.99. The molecule has 148 valence electrons. The molecule has 1 aliphatic carbocycles. The highest BCUT2D eigenvalue weighted by atomic mass is 32.1. The largest absolute Gasteiger partial charge is 0.317 e. The molecule has 0 saturated heterocycles. The highest BCUT2D eigenvalue weighted by Crippen LogP contribution is 2.38. The molecule has 0 saturated carbocycles. The van der Waals surface area contributed by atoms with Crippen LogP contribution in [0.4, 0.5) is 10.8 Å². The van der Waals surface area contributed by atoms with E-state index in [4.69, 9.17) is 0 Å². The van der Waals surface area contributed by atoms with Crippen molar-refractivity contribution in [3.63, 3.8) is 0 Å². The number of carbonyl (C=O) groups is 2. The van der Waals surface area contributed by atoms with E-state index in [0.29, 0.717) is 16.4 Å². The molecule has 1 aromatic carbocycles. The minimum atomic E-state index is -0.210. The van der Waals surface area contributed by atoms with Crippen LogP contribution in [0.1, 0.15) is 45.6 Å². The average molecular weight is 406 g/mol. The van der Waals surface area contributed by atoms with Crippen molar-refractivity contribution in [2.45, 2.75) is 38.5 Å². The summed E-state index contributed by atoms with van der Waals surface area (Å²) in [4.78, 5) is 31.2. The normalized spacial score (nSPS) is 13.2. The standard InChI is InChI=1S/C23H23N3O2S/c27-20(15-16-9-3-1-4-10-16)26-23-21(17-11-5-2-6-12-18(17)29-23)22(28)25-19-13-7-8-14-24-19/h1,3-4,7-10,13-14H,2,5-6,11-12,15H2,(H,26,27)(H,24,25,28). The van der Waals surface area contributed by atoms with Crippen LogP contribution in [-0.2, 0) is 24.1 Å². The SMILES string of the molecule is O=C(Cc1ccccc1)Nc1sc2c(c1C(=O)Nc1ccccn1)CCCCC2. The smallest absolute Gasteiger partial charge is 0.260 e. The third-order valence-corrected chi connectivity index (χ3v) is 6.22. The zero-order valence-electron chi connectivity index (χ0n) is 16.1.